The van der Waals surface area contributed by atoms with Crippen molar-refractivity contribution in [3.05, 3.63) is 107 Å². The predicted molar refractivity (Wildman–Crippen MR) is 109 cm³/mol. The summed E-state index contributed by atoms with van der Waals surface area (Å²) < 4.78 is 0. The van der Waals surface area contributed by atoms with Crippen LogP contribution in [0.25, 0.3) is 11.3 Å². The second-order valence-electron chi connectivity index (χ2n) is 5.72. The summed E-state index contributed by atoms with van der Waals surface area (Å²) in [5.74, 6) is 0. The van der Waals surface area contributed by atoms with Crippen LogP contribution in [0.15, 0.2) is 89.9 Å². The van der Waals surface area contributed by atoms with Crippen LogP contribution in [-0.4, -0.2) is 6.21 Å². The number of hydrogen-bond donors (Lipinski definition) is 0. The van der Waals surface area contributed by atoms with Crippen molar-refractivity contribution in [3.8, 4) is 0 Å². The van der Waals surface area contributed by atoms with Crippen LogP contribution in [0.4, 0.5) is 0 Å². The Kier molecular flexibility index (Phi) is 5.81. The van der Waals surface area contributed by atoms with Crippen molar-refractivity contribution >= 4 is 29.1 Å². The molecule has 0 spiro atoms. The normalized spacial score (nSPS) is 12.2. The van der Waals surface area contributed by atoms with Crippen molar-refractivity contribution in [2.75, 3.05) is 0 Å². The van der Waals surface area contributed by atoms with Crippen LogP contribution >= 0.6 is 11.6 Å². The highest BCUT2D eigenvalue weighted by Crippen LogP contribution is 2.30. The van der Waals surface area contributed by atoms with Gasteiger partial charge in [0, 0.05) is 16.8 Å². The molecule has 0 aromatic heterocycles. The molecular formula is C23H20ClN. The minimum absolute atomic E-state index is 0.731. The molecule has 0 amide bonds. The van der Waals surface area contributed by atoms with Gasteiger partial charge in [0.1, 0.15) is 0 Å². The molecule has 0 aliphatic rings. The van der Waals surface area contributed by atoms with Crippen LogP contribution in [0.3, 0.4) is 0 Å². The van der Waals surface area contributed by atoms with E-state index in [4.69, 9.17) is 16.6 Å². The largest absolute Gasteiger partial charge is 0.255 e. The fourth-order valence-electron chi connectivity index (χ4n) is 2.76. The van der Waals surface area contributed by atoms with Crippen LogP contribution < -0.4 is 0 Å². The van der Waals surface area contributed by atoms with Crippen molar-refractivity contribution in [1.82, 2.24) is 0 Å². The van der Waals surface area contributed by atoms with E-state index in [2.05, 4.69) is 43.3 Å². The molecule has 0 unspecified atom stereocenters. The second kappa shape index (κ2) is 8.46. The molecule has 3 aromatic rings. The number of aliphatic imine (C=N–C) groups is 1. The third-order valence-corrected chi connectivity index (χ3v) is 4.27. The Morgan fingerprint density at radius 3 is 1.92 bits per heavy atom. The highest BCUT2D eigenvalue weighted by atomic mass is 35.5. The first-order valence-corrected chi connectivity index (χ1v) is 8.79. The number of nitrogens with zero attached hydrogens (tertiary/aromatic N) is 1. The van der Waals surface area contributed by atoms with Gasteiger partial charge in [0.15, 0.2) is 0 Å². The molecule has 0 N–H and O–H groups in total. The zero-order valence-corrected chi connectivity index (χ0v) is 14.9. The van der Waals surface area contributed by atoms with Crippen LogP contribution in [-0.2, 0) is 0 Å². The Morgan fingerprint density at radius 2 is 1.36 bits per heavy atom. The lowest BCUT2D eigenvalue weighted by atomic mass is 9.97. The Hall–Kier alpha value is -2.64. The third-order valence-electron chi connectivity index (χ3n) is 4.02. The van der Waals surface area contributed by atoms with Crippen LogP contribution in [0.5, 0.6) is 0 Å². The molecule has 0 aliphatic heterocycles. The molecule has 0 heterocycles. The predicted octanol–water partition coefficient (Wildman–Crippen LogP) is 6.74. The number of halogens is 1. The minimum Gasteiger partial charge on any atom is -0.255 e. The average Bonchev–Trinajstić information content (AvgIpc) is 2.68. The number of rotatable bonds is 5. The lowest BCUT2D eigenvalue weighted by molar-refractivity contribution is 1.23. The Morgan fingerprint density at radius 1 is 0.800 bits per heavy atom. The maximum absolute atomic E-state index is 5.97. The van der Waals surface area contributed by atoms with Gasteiger partial charge < -0.3 is 0 Å². The van der Waals surface area contributed by atoms with Crippen molar-refractivity contribution in [1.29, 1.82) is 0 Å². The summed E-state index contributed by atoms with van der Waals surface area (Å²) in [6.07, 6.45) is 2.81. The van der Waals surface area contributed by atoms with E-state index < -0.39 is 0 Å². The fourth-order valence-corrected chi connectivity index (χ4v) is 2.88. The van der Waals surface area contributed by atoms with Gasteiger partial charge in [-0.3, -0.25) is 4.99 Å². The lowest BCUT2D eigenvalue weighted by Crippen LogP contribution is -1.91. The molecule has 2 heteroatoms. The Labute approximate surface area is 154 Å². The van der Waals surface area contributed by atoms with Gasteiger partial charge in [-0.15, -0.1) is 0 Å². The SMILES string of the molecule is CC/C(=C(\N=Cc1ccc(Cl)cc1)c1ccccc1)c1ccccc1. The standard InChI is InChI=1S/C23H20ClN/c1-2-22(19-9-5-3-6-10-19)23(20-11-7-4-8-12-20)25-17-18-13-15-21(24)16-14-18/h3-17H,2H2,1H3/b23-22+,25-17?. The summed E-state index contributed by atoms with van der Waals surface area (Å²) in [5, 5.41) is 0.731. The van der Waals surface area contributed by atoms with E-state index in [1.165, 1.54) is 11.1 Å². The molecule has 0 fully saturated rings. The molecule has 0 aliphatic carbocycles. The molecule has 0 radical (unpaired) electrons. The number of hydrogen-bond acceptors (Lipinski definition) is 1. The van der Waals surface area contributed by atoms with Crippen LogP contribution in [0.1, 0.15) is 30.0 Å². The first kappa shape index (κ1) is 17.2. The molecule has 25 heavy (non-hydrogen) atoms. The summed E-state index contributed by atoms with van der Waals surface area (Å²) in [6, 6.07) is 28.5. The zero-order valence-electron chi connectivity index (χ0n) is 14.2. The van der Waals surface area contributed by atoms with E-state index in [1.54, 1.807) is 0 Å². The summed E-state index contributed by atoms with van der Waals surface area (Å²) >= 11 is 5.97. The number of benzene rings is 3. The molecule has 0 bridgehead atoms. The van der Waals surface area contributed by atoms with Gasteiger partial charge in [0.2, 0.25) is 0 Å². The first-order chi connectivity index (χ1) is 12.3. The molecule has 124 valence electrons. The third kappa shape index (κ3) is 4.46. The van der Waals surface area contributed by atoms with E-state index in [-0.39, 0.29) is 0 Å². The highest BCUT2D eigenvalue weighted by Gasteiger charge is 2.09. The maximum atomic E-state index is 5.97. The van der Waals surface area contributed by atoms with Gasteiger partial charge in [0.05, 0.1) is 5.70 Å². The van der Waals surface area contributed by atoms with Gasteiger partial charge >= 0.3 is 0 Å². The second-order valence-corrected chi connectivity index (χ2v) is 6.16. The molecule has 0 saturated heterocycles. The van der Waals surface area contributed by atoms with E-state index in [0.717, 1.165) is 28.3 Å². The Balaban J connectivity index is 2.09. The highest BCUT2D eigenvalue weighted by molar-refractivity contribution is 6.30. The van der Waals surface area contributed by atoms with E-state index in [9.17, 15) is 0 Å². The molecule has 3 aromatic carbocycles. The van der Waals surface area contributed by atoms with Crippen molar-refractivity contribution in [2.24, 2.45) is 4.99 Å². The minimum atomic E-state index is 0.731. The van der Waals surface area contributed by atoms with E-state index >= 15 is 0 Å². The number of allylic oxidation sites excluding steroid dienone is 1. The summed E-state index contributed by atoms with van der Waals surface area (Å²) in [6.45, 7) is 2.17. The topological polar surface area (TPSA) is 12.4 Å². The zero-order chi connectivity index (χ0) is 17.5. The van der Waals surface area contributed by atoms with Crippen LogP contribution in [0.2, 0.25) is 5.02 Å². The van der Waals surface area contributed by atoms with Crippen LogP contribution in [0, 0.1) is 0 Å². The fraction of sp³-hybridized carbons (Fsp3) is 0.0870. The molecule has 0 atom stereocenters. The summed E-state index contributed by atoms with van der Waals surface area (Å²) in [7, 11) is 0. The van der Waals surface area contributed by atoms with Crippen molar-refractivity contribution < 1.29 is 0 Å². The van der Waals surface area contributed by atoms with E-state index in [0.29, 0.717) is 0 Å². The quantitative estimate of drug-likeness (QED) is 0.358. The van der Waals surface area contributed by atoms with Gasteiger partial charge in [-0.25, -0.2) is 0 Å². The van der Waals surface area contributed by atoms with Crippen molar-refractivity contribution in [2.45, 2.75) is 13.3 Å². The molecule has 0 saturated carbocycles. The van der Waals surface area contributed by atoms with Gasteiger partial charge in [-0.2, -0.15) is 0 Å². The summed E-state index contributed by atoms with van der Waals surface area (Å²) in [4.78, 5) is 4.85. The lowest BCUT2D eigenvalue weighted by Gasteiger charge is -2.11. The van der Waals surface area contributed by atoms with Crippen molar-refractivity contribution in [3.63, 3.8) is 0 Å². The van der Waals surface area contributed by atoms with E-state index in [1.807, 2.05) is 54.7 Å². The monoisotopic (exact) mass is 345 g/mol. The van der Waals surface area contributed by atoms with Gasteiger partial charge in [-0.05, 0) is 35.3 Å². The maximum Gasteiger partial charge on any atom is 0.0740 e. The van der Waals surface area contributed by atoms with Gasteiger partial charge in [0.25, 0.3) is 0 Å². The molecular weight excluding hydrogens is 326 g/mol. The smallest absolute Gasteiger partial charge is 0.0740 e. The summed E-state index contributed by atoms with van der Waals surface area (Å²) in [5.41, 5.74) is 5.59. The molecule has 1 nitrogen and oxygen atoms in total. The Bertz CT molecular complexity index is 863. The average molecular weight is 346 g/mol. The molecule has 3 rings (SSSR count). The van der Waals surface area contributed by atoms with Gasteiger partial charge in [-0.1, -0.05) is 91.3 Å². The first-order valence-electron chi connectivity index (χ1n) is 8.41.